The molecule has 0 aliphatic heterocycles. The van der Waals surface area contributed by atoms with Crippen molar-refractivity contribution in [2.45, 2.75) is 37.6 Å². The minimum Gasteiger partial charge on any atom is -0.322 e. The van der Waals surface area contributed by atoms with E-state index in [1.54, 1.807) is 16.9 Å². The Bertz CT molecular complexity index is 2140. The summed E-state index contributed by atoms with van der Waals surface area (Å²) < 4.78 is 18.5. The fourth-order valence-corrected chi connectivity index (χ4v) is 6.17. The van der Waals surface area contributed by atoms with Crippen LogP contribution in [-0.2, 0) is 6.42 Å². The van der Waals surface area contributed by atoms with Gasteiger partial charge in [-0.2, -0.15) is 5.10 Å². The molecular weight excluding hydrogens is 575 g/mol. The Labute approximate surface area is 255 Å². The van der Waals surface area contributed by atoms with E-state index < -0.39 is 5.82 Å². The second kappa shape index (κ2) is 10.4. The lowest BCUT2D eigenvalue weighted by Crippen LogP contribution is -2.12. The van der Waals surface area contributed by atoms with E-state index in [0.717, 1.165) is 35.2 Å². The number of nitro benzene ring substituents is 1. The van der Waals surface area contributed by atoms with Crippen molar-refractivity contribution in [1.82, 2.24) is 29.8 Å². The van der Waals surface area contributed by atoms with Crippen LogP contribution < -0.4 is 5.32 Å². The lowest BCUT2D eigenvalue weighted by atomic mass is 10.1. The molecule has 1 saturated carbocycles. The molecule has 2 aliphatic carbocycles. The first kappa shape index (κ1) is 26.8. The summed E-state index contributed by atoms with van der Waals surface area (Å²) in [5.41, 5.74) is 5.31. The molecule has 0 saturated heterocycles. The van der Waals surface area contributed by atoms with Gasteiger partial charge in [-0.25, -0.2) is 18.7 Å². The van der Waals surface area contributed by atoms with Crippen LogP contribution in [0.2, 0.25) is 0 Å². The summed E-state index contributed by atoms with van der Waals surface area (Å²) in [6.45, 7) is 0. The second-order valence-corrected chi connectivity index (χ2v) is 11.4. The molecule has 12 heteroatoms. The highest BCUT2D eigenvalue weighted by Gasteiger charge is 2.32. The highest BCUT2D eigenvalue weighted by Crippen LogP contribution is 2.43. The average molecular weight is 601 g/mol. The number of nitrogens with zero attached hydrogens (tertiary/aromatic N) is 7. The number of anilines is 1. The van der Waals surface area contributed by atoms with E-state index in [1.807, 2.05) is 47.1 Å². The predicted molar refractivity (Wildman–Crippen MR) is 164 cm³/mol. The van der Waals surface area contributed by atoms with Gasteiger partial charge in [0, 0.05) is 40.4 Å². The minimum atomic E-state index is -0.520. The number of carbonyl (C=O) groups is 1. The third-order valence-electron chi connectivity index (χ3n) is 8.52. The number of amides is 1. The van der Waals surface area contributed by atoms with Crippen LogP contribution in [0.3, 0.4) is 0 Å². The van der Waals surface area contributed by atoms with Crippen molar-refractivity contribution in [3.05, 3.63) is 124 Å². The standard InChI is InChI=1S/C33H25FN8O3/c34-27-13-11-21(16-25(27)28-18-40(39-37-28)29-14-12-24-23(29)7-4-8-30(24)42(44)45)36-33(43)20-15-26-31(19-9-10-19)38-41(32(26)35-17-20)22-5-2-1-3-6-22/h1-8,11,13,15-19,29H,9-10,12,14H2,(H,36,43)/t29-/m1/s1. The number of para-hydroxylation sites is 1. The van der Waals surface area contributed by atoms with Gasteiger partial charge in [-0.3, -0.25) is 14.9 Å². The summed E-state index contributed by atoms with van der Waals surface area (Å²) in [6.07, 6.45) is 6.41. The monoisotopic (exact) mass is 600 g/mol. The number of hydrogen-bond acceptors (Lipinski definition) is 7. The molecular formula is C33H25FN8O3. The zero-order chi connectivity index (χ0) is 30.7. The van der Waals surface area contributed by atoms with Crippen molar-refractivity contribution in [1.29, 1.82) is 0 Å². The Hall–Kier alpha value is -5.78. The maximum atomic E-state index is 15.0. The molecule has 222 valence electrons. The van der Waals surface area contributed by atoms with Gasteiger partial charge in [0.25, 0.3) is 11.6 Å². The summed E-state index contributed by atoms with van der Waals surface area (Å²) >= 11 is 0. The molecule has 1 N–H and O–H groups in total. The number of fused-ring (bicyclic) bond motifs is 2. The van der Waals surface area contributed by atoms with Crippen LogP contribution in [0.4, 0.5) is 15.8 Å². The van der Waals surface area contributed by atoms with Crippen LogP contribution in [0, 0.1) is 15.9 Å². The first-order valence-electron chi connectivity index (χ1n) is 14.7. The molecule has 1 amide bonds. The SMILES string of the molecule is O=C(Nc1ccc(F)c(-c2cn([C@@H]3CCc4c3cccc4[N+](=O)[O-])nn2)c1)c1cnc2c(c1)c(C1CC1)nn2-c1ccccc1. The number of rotatable bonds is 7. The van der Waals surface area contributed by atoms with Gasteiger partial charge in [0.15, 0.2) is 5.65 Å². The van der Waals surface area contributed by atoms with Crippen molar-refractivity contribution >= 4 is 28.3 Å². The second-order valence-electron chi connectivity index (χ2n) is 11.4. The van der Waals surface area contributed by atoms with Gasteiger partial charge in [0.1, 0.15) is 11.5 Å². The van der Waals surface area contributed by atoms with Gasteiger partial charge in [0.05, 0.1) is 34.1 Å². The van der Waals surface area contributed by atoms with E-state index in [0.29, 0.717) is 41.2 Å². The largest absolute Gasteiger partial charge is 0.322 e. The van der Waals surface area contributed by atoms with Gasteiger partial charge in [-0.1, -0.05) is 35.5 Å². The molecule has 8 rings (SSSR count). The summed E-state index contributed by atoms with van der Waals surface area (Å²) in [7, 11) is 0. The smallest absolute Gasteiger partial charge is 0.272 e. The van der Waals surface area contributed by atoms with Crippen LogP contribution in [-0.4, -0.2) is 40.6 Å². The van der Waals surface area contributed by atoms with Gasteiger partial charge in [-0.15, -0.1) is 5.10 Å². The van der Waals surface area contributed by atoms with E-state index in [-0.39, 0.29) is 33.8 Å². The summed E-state index contributed by atoms with van der Waals surface area (Å²) in [4.78, 5) is 29.1. The van der Waals surface area contributed by atoms with E-state index in [4.69, 9.17) is 5.10 Å². The molecule has 6 aromatic rings. The number of carbonyl (C=O) groups excluding carboxylic acids is 1. The molecule has 3 aromatic heterocycles. The molecule has 11 nitrogen and oxygen atoms in total. The predicted octanol–water partition coefficient (Wildman–Crippen LogP) is 6.39. The molecule has 1 fully saturated rings. The highest BCUT2D eigenvalue weighted by molar-refractivity contribution is 6.06. The van der Waals surface area contributed by atoms with Crippen molar-refractivity contribution in [2.24, 2.45) is 0 Å². The molecule has 1 atom stereocenters. The lowest BCUT2D eigenvalue weighted by molar-refractivity contribution is -0.385. The minimum absolute atomic E-state index is 0.0907. The van der Waals surface area contributed by atoms with Crippen LogP contribution in [0.1, 0.15) is 58.4 Å². The first-order chi connectivity index (χ1) is 21.9. The van der Waals surface area contributed by atoms with Crippen molar-refractivity contribution in [3.8, 4) is 16.9 Å². The Morgan fingerprint density at radius 3 is 2.67 bits per heavy atom. The number of halogens is 1. The van der Waals surface area contributed by atoms with E-state index in [9.17, 15) is 14.9 Å². The Kier molecular flexibility index (Phi) is 6.22. The van der Waals surface area contributed by atoms with E-state index >= 15 is 4.39 Å². The summed E-state index contributed by atoms with van der Waals surface area (Å²) in [6, 6.07) is 20.6. The van der Waals surface area contributed by atoms with Crippen LogP contribution in [0.25, 0.3) is 28.0 Å². The Morgan fingerprint density at radius 2 is 1.87 bits per heavy atom. The fourth-order valence-electron chi connectivity index (χ4n) is 6.17. The van der Waals surface area contributed by atoms with E-state index in [2.05, 4.69) is 20.6 Å². The quantitative estimate of drug-likeness (QED) is 0.166. The molecule has 0 radical (unpaired) electrons. The fraction of sp³-hybridized carbons (Fsp3) is 0.182. The zero-order valence-corrected chi connectivity index (χ0v) is 23.8. The number of hydrogen-bond donors (Lipinski definition) is 1. The van der Waals surface area contributed by atoms with Gasteiger partial charge < -0.3 is 5.32 Å². The molecule has 0 spiro atoms. The zero-order valence-electron chi connectivity index (χ0n) is 23.8. The third kappa shape index (κ3) is 4.71. The maximum Gasteiger partial charge on any atom is 0.272 e. The van der Waals surface area contributed by atoms with Gasteiger partial charge in [0.2, 0.25) is 0 Å². The highest BCUT2D eigenvalue weighted by atomic mass is 19.1. The molecule has 0 bridgehead atoms. The molecule has 3 heterocycles. The number of aromatic nitrogens is 6. The van der Waals surface area contributed by atoms with Crippen molar-refractivity contribution < 1.29 is 14.1 Å². The Morgan fingerprint density at radius 1 is 1.02 bits per heavy atom. The summed E-state index contributed by atoms with van der Waals surface area (Å²) in [5.74, 6) is -0.560. The van der Waals surface area contributed by atoms with Gasteiger partial charge >= 0.3 is 0 Å². The Balaban J connectivity index is 1.06. The van der Waals surface area contributed by atoms with Crippen molar-refractivity contribution in [2.75, 3.05) is 5.32 Å². The van der Waals surface area contributed by atoms with Gasteiger partial charge in [-0.05, 0) is 67.6 Å². The van der Waals surface area contributed by atoms with Crippen LogP contribution in [0.15, 0.2) is 85.2 Å². The van der Waals surface area contributed by atoms with Crippen LogP contribution in [0.5, 0.6) is 0 Å². The lowest BCUT2D eigenvalue weighted by Gasteiger charge is -2.11. The third-order valence-corrected chi connectivity index (χ3v) is 8.52. The topological polar surface area (TPSA) is 134 Å². The summed E-state index contributed by atoms with van der Waals surface area (Å²) in [5, 5.41) is 28.5. The molecule has 45 heavy (non-hydrogen) atoms. The van der Waals surface area contributed by atoms with Crippen molar-refractivity contribution in [3.63, 3.8) is 0 Å². The van der Waals surface area contributed by atoms with Crippen LogP contribution >= 0.6 is 0 Å². The molecule has 2 aliphatic rings. The molecule has 0 unspecified atom stereocenters. The maximum absolute atomic E-state index is 15.0. The number of benzene rings is 3. The average Bonchev–Trinajstić information content (AvgIpc) is 3.44. The number of pyridine rings is 1. The number of nitro groups is 1. The van der Waals surface area contributed by atoms with E-state index in [1.165, 1.54) is 30.5 Å². The first-order valence-corrected chi connectivity index (χ1v) is 14.7. The normalized spacial score (nSPS) is 15.7. The molecule has 3 aromatic carbocycles. The number of nitrogens with one attached hydrogen (secondary N) is 1.